The summed E-state index contributed by atoms with van der Waals surface area (Å²) in [6.45, 7) is 0. The van der Waals surface area contributed by atoms with Crippen molar-refractivity contribution in [3.8, 4) is 28.7 Å². The lowest BCUT2D eigenvalue weighted by Gasteiger charge is -2.13. The molecule has 0 spiro atoms. The van der Waals surface area contributed by atoms with Crippen molar-refractivity contribution in [1.29, 1.82) is 0 Å². The number of phenolic OH excluding ortho intramolecular Hbond substituents is 1. The van der Waals surface area contributed by atoms with Crippen LogP contribution in [0.4, 0.5) is 5.69 Å². The molecule has 0 bridgehead atoms. The van der Waals surface area contributed by atoms with Crippen LogP contribution in [-0.2, 0) is 0 Å². The third kappa shape index (κ3) is 5.37. The number of aromatic hydroxyl groups is 1. The number of carbonyl (C=O) groups excluding carboxylic acids is 2. The summed E-state index contributed by atoms with van der Waals surface area (Å²) < 4.78 is 16.4. The number of hydrogen-bond donors (Lipinski definition) is 2. The molecule has 166 valence electrons. The summed E-state index contributed by atoms with van der Waals surface area (Å²) in [5.74, 6) is 1.76. The fraction of sp³-hybridized carbons (Fsp3) is 0.200. The van der Waals surface area contributed by atoms with Gasteiger partial charge in [0.25, 0.3) is 0 Å². The molecule has 0 fully saturated rings. The summed E-state index contributed by atoms with van der Waals surface area (Å²) >= 11 is 0. The molecule has 0 unspecified atom stereocenters. The van der Waals surface area contributed by atoms with Crippen LogP contribution in [0.3, 0.4) is 0 Å². The highest BCUT2D eigenvalue weighted by molar-refractivity contribution is 6.02. The van der Waals surface area contributed by atoms with Gasteiger partial charge < -0.3 is 25.1 Å². The number of rotatable bonds is 10. The predicted octanol–water partition coefficient (Wildman–Crippen LogP) is 5.02. The normalized spacial score (nSPS) is 10.4. The van der Waals surface area contributed by atoms with Gasteiger partial charge in [0.2, 0.25) is 0 Å². The van der Waals surface area contributed by atoms with Crippen LogP contribution in [0.25, 0.3) is 0 Å². The van der Waals surface area contributed by atoms with Gasteiger partial charge in [-0.25, -0.2) is 0 Å². The minimum Gasteiger partial charge on any atom is -0.508 e. The van der Waals surface area contributed by atoms with Gasteiger partial charge in [0.15, 0.2) is 28.8 Å². The number of phenols is 1. The molecular formula is C25H25NO6. The van der Waals surface area contributed by atoms with Crippen molar-refractivity contribution in [2.45, 2.75) is 19.3 Å². The zero-order valence-electron chi connectivity index (χ0n) is 18.0. The van der Waals surface area contributed by atoms with Crippen LogP contribution in [0.5, 0.6) is 28.7 Å². The smallest absolute Gasteiger partial charge is 0.165 e. The van der Waals surface area contributed by atoms with Gasteiger partial charge in [-0.05, 0) is 55.0 Å². The van der Waals surface area contributed by atoms with Crippen molar-refractivity contribution in [3.05, 3.63) is 71.8 Å². The molecule has 3 N–H and O–H groups in total. The third-order valence-corrected chi connectivity index (χ3v) is 4.95. The fourth-order valence-electron chi connectivity index (χ4n) is 3.22. The molecule has 3 aromatic carbocycles. The first kappa shape index (κ1) is 22.7. The third-order valence-electron chi connectivity index (χ3n) is 4.95. The van der Waals surface area contributed by atoms with Gasteiger partial charge in [0.05, 0.1) is 19.9 Å². The van der Waals surface area contributed by atoms with Crippen molar-refractivity contribution in [2.24, 2.45) is 0 Å². The number of benzene rings is 3. The Hall–Kier alpha value is -4.00. The molecule has 0 radical (unpaired) electrons. The van der Waals surface area contributed by atoms with E-state index in [1.165, 1.54) is 19.2 Å². The SMILES string of the molecule is COc1ccc(Oc2cccc(C(=O)CCCC(=O)c3ccc(O)cc3)c2N)cc1OC. The Kier molecular flexibility index (Phi) is 7.33. The van der Waals surface area contributed by atoms with E-state index < -0.39 is 0 Å². The number of hydrogen-bond acceptors (Lipinski definition) is 7. The van der Waals surface area contributed by atoms with E-state index in [9.17, 15) is 14.7 Å². The topological polar surface area (TPSA) is 108 Å². The van der Waals surface area contributed by atoms with Crippen LogP contribution in [0.2, 0.25) is 0 Å². The molecule has 7 nitrogen and oxygen atoms in total. The molecule has 0 aliphatic heterocycles. The van der Waals surface area contributed by atoms with Gasteiger partial charge in [-0.15, -0.1) is 0 Å². The van der Waals surface area contributed by atoms with Crippen molar-refractivity contribution in [3.63, 3.8) is 0 Å². The van der Waals surface area contributed by atoms with Crippen LogP contribution >= 0.6 is 0 Å². The summed E-state index contributed by atoms with van der Waals surface area (Å²) in [6, 6.07) is 16.2. The number of anilines is 1. The summed E-state index contributed by atoms with van der Waals surface area (Å²) in [5.41, 5.74) is 7.28. The van der Waals surface area contributed by atoms with E-state index in [0.717, 1.165) is 0 Å². The fourth-order valence-corrected chi connectivity index (χ4v) is 3.22. The molecule has 3 aromatic rings. The van der Waals surface area contributed by atoms with Crippen LogP contribution in [0.1, 0.15) is 40.0 Å². The Bertz CT molecular complexity index is 1110. The summed E-state index contributed by atoms with van der Waals surface area (Å²) in [5, 5.41) is 9.31. The van der Waals surface area contributed by atoms with Gasteiger partial charge in [-0.2, -0.15) is 0 Å². The summed E-state index contributed by atoms with van der Waals surface area (Å²) in [4.78, 5) is 24.9. The Morgan fingerprint density at radius 3 is 2.22 bits per heavy atom. The zero-order valence-corrected chi connectivity index (χ0v) is 18.0. The van der Waals surface area contributed by atoms with Gasteiger partial charge in [-0.1, -0.05) is 6.07 Å². The number of ketones is 2. The summed E-state index contributed by atoms with van der Waals surface area (Å²) in [6.07, 6.45) is 0.783. The maximum Gasteiger partial charge on any atom is 0.165 e. The highest BCUT2D eigenvalue weighted by Crippen LogP contribution is 2.36. The Morgan fingerprint density at radius 2 is 1.53 bits per heavy atom. The van der Waals surface area contributed by atoms with Gasteiger partial charge >= 0.3 is 0 Å². The first-order chi connectivity index (χ1) is 15.4. The lowest BCUT2D eigenvalue weighted by Crippen LogP contribution is -2.06. The van der Waals surface area contributed by atoms with E-state index >= 15 is 0 Å². The number of nitrogens with two attached hydrogens (primary N) is 1. The molecule has 32 heavy (non-hydrogen) atoms. The van der Waals surface area contributed by atoms with E-state index in [4.69, 9.17) is 19.9 Å². The average Bonchev–Trinajstić information content (AvgIpc) is 2.80. The minimum absolute atomic E-state index is 0.0868. The molecule has 0 saturated heterocycles. The predicted molar refractivity (Wildman–Crippen MR) is 121 cm³/mol. The molecule has 0 aliphatic rings. The van der Waals surface area contributed by atoms with Gasteiger partial charge in [0.1, 0.15) is 11.5 Å². The van der Waals surface area contributed by atoms with E-state index in [0.29, 0.717) is 40.5 Å². The first-order valence-corrected chi connectivity index (χ1v) is 10.1. The maximum absolute atomic E-state index is 12.7. The molecule has 0 heterocycles. The van der Waals surface area contributed by atoms with Crippen LogP contribution in [-0.4, -0.2) is 30.9 Å². The maximum atomic E-state index is 12.7. The van der Waals surface area contributed by atoms with Crippen LogP contribution in [0, 0.1) is 0 Å². The Morgan fingerprint density at radius 1 is 0.844 bits per heavy atom. The highest BCUT2D eigenvalue weighted by Gasteiger charge is 2.16. The van der Waals surface area contributed by atoms with Crippen molar-refractivity contribution < 1.29 is 28.9 Å². The van der Waals surface area contributed by atoms with E-state index in [-0.39, 0.29) is 35.8 Å². The van der Waals surface area contributed by atoms with E-state index in [1.54, 1.807) is 55.6 Å². The van der Waals surface area contributed by atoms with E-state index in [1.807, 2.05) is 0 Å². The molecule has 0 aromatic heterocycles. The van der Waals surface area contributed by atoms with Gasteiger partial charge in [-0.3, -0.25) is 9.59 Å². The second-order valence-corrected chi connectivity index (χ2v) is 7.08. The molecule has 7 heteroatoms. The van der Waals surface area contributed by atoms with Crippen LogP contribution < -0.4 is 19.9 Å². The number of methoxy groups -OCH3 is 2. The molecule has 0 saturated carbocycles. The summed E-state index contributed by atoms with van der Waals surface area (Å²) in [7, 11) is 3.07. The average molecular weight is 435 g/mol. The minimum atomic E-state index is -0.168. The van der Waals surface area contributed by atoms with E-state index in [2.05, 4.69) is 0 Å². The molecule has 0 amide bonds. The number of Topliss-reactive ketones (excluding diaryl/α,β-unsaturated/α-hetero) is 2. The largest absolute Gasteiger partial charge is 0.508 e. The number of para-hydroxylation sites is 1. The standard InChI is InChI=1S/C25H25NO6/c1-30-22-14-13-18(15-24(22)31-2)32-23-8-3-5-19(25(23)26)21(29)7-4-6-20(28)16-9-11-17(27)12-10-16/h3,5,8-15,27H,4,6-7,26H2,1-2H3. The van der Waals surface area contributed by atoms with Crippen molar-refractivity contribution >= 4 is 17.3 Å². The van der Waals surface area contributed by atoms with Crippen molar-refractivity contribution in [1.82, 2.24) is 0 Å². The number of carbonyl (C=O) groups is 2. The lowest BCUT2D eigenvalue weighted by molar-refractivity contribution is 0.0957. The Labute approximate surface area is 186 Å². The van der Waals surface area contributed by atoms with Crippen molar-refractivity contribution in [2.75, 3.05) is 20.0 Å². The molecule has 0 atom stereocenters. The molecule has 0 aliphatic carbocycles. The lowest BCUT2D eigenvalue weighted by atomic mass is 10.0. The zero-order chi connectivity index (χ0) is 23.1. The number of ether oxygens (including phenoxy) is 3. The van der Waals surface area contributed by atoms with Crippen LogP contribution in [0.15, 0.2) is 60.7 Å². The second kappa shape index (κ2) is 10.3. The second-order valence-electron chi connectivity index (χ2n) is 7.08. The van der Waals surface area contributed by atoms with Gasteiger partial charge in [0, 0.05) is 30.0 Å². The monoisotopic (exact) mass is 435 g/mol. The highest BCUT2D eigenvalue weighted by atomic mass is 16.5. The number of nitrogen functional groups attached to an aromatic ring is 1. The quantitative estimate of drug-likeness (QED) is 0.340. The first-order valence-electron chi connectivity index (χ1n) is 10.1. The molecular weight excluding hydrogens is 410 g/mol. The molecule has 3 rings (SSSR count). The Balaban J connectivity index is 1.65.